The summed E-state index contributed by atoms with van der Waals surface area (Å²) in [7, 11) is 0. The highest BCUT2D eigenvalue weighted by Crippen LogP contribution is 2.28. The molecule has 1 atom stereocenters. The van der Waals surface area contributed by atoms with E-state index in [-0.39, 0.29) is 10.6 Å². The van der Waals surface area contributed by atoms with Crippen LogP contribution in [0.2, 0.25) is 5.02 Å². The van der Waals surface area contributed by atoms with Gasteiger partial charge in [-0.1, -0.05) is 17.7 Å². The van der Waals surface area contributed by atoms with Crippen LogP contribution in [0.4, 0.5) is 9.18 Å². The van der Waals surface area contributed by atoms with E-state index < -0.39 is 35.9 Å². The Morgan fingerprint density at radius 1 is 1.43 bits per heavy atom. The average molecular weight is 318 g/mol. The minimum atomic E-state index is -1.20. The number of rotatable bonds is 4. The predicted octanol–water partition coefficient (Wildman–Crippen LogP) is 3.52. The molecule has 116 valence electrons. The number of amides is 1. The van der Waals surface area contributed by atoms with Gasteiger partial charge >= 0.3 is 12.1 Å². The summed E-state index contributed by atoms with van der Waals surface area (Å²) in [5.41, 5.74) is -0.830. The van der Waals surface area contributed by atoms with Crippen LogP contribution in [-0.4, -0.2) is 22.8 Å². The minimum absolute atomic E-state index is 0.0392. The van der Waals surface area contributed by atoms with Gasteiger partial charge in [-0.3, -0.25) is 4.79 Å². The third kappa shape index (κ3) is 5.59. The zero-order chi connectivity index (χ0) is 16.2. The van der Waals surface area contributed by atoms with E-state index in [0.29, 0.717) is 0 Å². The van der Waals surface area contributed by atoms with Gasteiger partial charge < -0.3 is 15.2 Å². The summed E-state index contributed by atoms with van der Waals surface area (Å²) >= 11 is 5.90. The van der Waals surface area contributed by atoms with Gasteiger partial charge in [0.2, 0.25) is 0 Å². The van der Waals surface area contributed by atoms with Crippen molar-refractivity contribution in [3.63, 3.8) is 0 Å². The van der Waals surface area contributed by atoms with Crippen molar-refractivity contribution in [2.45, 2.75) is 38.8 Å². The Labute approximate surface area is 127 Å². The maximum atomic E-state index is 13.9. The van der Waals surface area contributed by atoms with E-state index in [4.69, 9.17) is 21.4 Å². The van der Waals surface area contributed by atoms with Gasteiger partial charge in [0, 0.05) is 10.6 Å². The van der Waals surface area contributed by atoms with Crippen LogP contribution in [0.15, 0.2) is 18.2 Å². The summed E-state index contributed by atoms with van der Waals surface area (Å²) in [4.78, 5) is 22.7. The first kappa shape index (κ1) is 17.2. The molecular formula is C14H17ClFNO4. The standard InChI is InChI=1S/C14H17ClFNO4/c1-14(2,3)21-13(20)17-10(7-11(18)19)12-8(15)5-4-6-9(12)16/h4-6,10H,7H2,1-3H3,(H,17,20)(H,18,19)/t10-/m1/s1. The van der Waals surface area contributed by atoms with Crippen LogP contribution in [-0.2, 0) is 9.53 Å². The number of halogens is 2. The maximum Gasteiger partial charge on any atom is 0.408 e. The minimum Gasteiger partial charge on any atom is -0.481 e. The number of carbonyl (C=O) groups is 2. The van der Waals surface area contributed by atoms with Gasteiger partial charge in [0.15, 0.2) is 0 Å². The molecule has 0 aromatic heterocycles. The Bertz CT molecular complexity index is 522. The van der Waals surface area contributed by atoms with Crippen molar-refractivity contribution in [3.05, 3.63) is 34.6 Å². The topological polar surface area (TPSA) is 75.6 Å². The molecule has 5 nitrogen and oxygen atoms in total. The number of ether oxygens (including phenoxy) is 1. The number of carbonyl (C=O) groups excluding carboxylic acids is 1. The number of hydrogen-bond donors (Lipinski definition) is 2. The summed E-state index contributed by atoms with van der Waals surface area (Å²) in [6.07, 6.45) is -1.35. The number of nitrogens with one attached hydrogen (secondary N) is 1. The normalized spacial score (nSPS) is 12.6. The van der Waals surface area contributed by atoms with Gasteiger partial charge in [-0.15, -0.1) is 0 Å². The van der Waals surface area contributed by atoms with E-state index in [0.717, 1.165) is 6.07 Å². The molecule has 1 rings (SSSR count). The SMILES string of the molecule is CC(C)(C)OC(=O)N[C@H](CC(=O)O)c1c(F)cccc1Cl. The number of aliphatic carboxylic acids is 1. The van der Waals surface area contributed by atoms with Gasteiger partial charge in [-0.05, 0) is 32.9 Å². The molecule has 1 amide bonds. The molecule has 0 saturated heterocycles. The van der Waals surface area contributed by atoms with Crippen LogP contribution in [0.25, 0.3) is 0 Å². The molecule has 1 aromatic rings. The third-order valence-corrected chi connectivity index (χ3v) is 2.75. The van der Waals surface area contributed by atoms with Gasteiger partial charge in [0.05, 0.1) is 12.5 Å². The van der Waals surface area contributed by atoms with Gasteiger partial charge in [-0.25, -0.2) is 9.18 Å². The van der Waals surface area contributed by atoms with E-state index in [9.17, 15) is 14.0 Å². The van der Waals surface area contributed by atoms with Crippen molar-refractivity contribution in [1.29, 1.82) is 0 Å². The second-order valence-corrected chi connectivity index (χ2v) is 5.84. The first-order valence-electron chi connectivity index (χ1n) is 6.25. The lowest BCUT2D eigenvalue weighted by Crippen LogP contribution is -2.36. The molecule has 0 saturated carbocycles. The monoisotopic (exact) mass is 317 g/mol. The summed E-state index contributed by atoms with van der Waals surface area (Å²) in [5.74, 6) is -1.89. The van der Waals surface area contributed by atoms with Crippen molar-refractivity contribution >= 4 is 23.7 Å². The smallest absolute Gasteiger partial charge is 0.408 e. The molecule has 0 aliphatic carbocycles. The van der Waals surface area contributed by atoms with Gasteiger partial charge in [0.1, 0.15) is 11.4 Å². The van der Waals surface area contributed by atoms with Crippen LogP contribution < -0.4 is 5.32 Å². The fourth-order valence-electron chi connectivity index (χ4n) is 1.69. The van der Waals surface area contributed by atoms with Gasteiger partial charge in [-0.2, -0.15) is 0 Å². The molecule has 1 aromatic carbocycles. The van der Waals surface area contributed by atoms with Crippen molar-refractivity contribution < 1.29 is 23.8 Å². The van der Waals surface area contributed by atoms with E-state index in [1.807, 2.05) is 0 Å². The lowest BCUT2D eigenvalue weighted by Gasteiger charge is -2.23. The summed E-state index contributed by atoms with van der Waals surface area (Å²) in [6.45, 7) is 4.98. The summed E-state index contributed by atoms with van der Waals surface area (Å²) < 4.78 is 18.9. The highest BCUT2D eigenvalue weighted by atomic mass is 35.5. The van der Waals surface area contributed by atoms with E-state index in [2.05, 4.69) is 5.32 Å². The lowest BCUT2D eigenvalue weighted by molar-refractivity contribution is -0.137. The molecule has 2 N–H and O–H groups in total. The fraction of sp³-hybridized carbons (Fsp3) is 0.429. The number of carboxylic acids is 1. The second-order valence-electron chi connectivity index (χ2n) is 5.43. The first-order chi connectivity index (χ1) is 9.60. The molecular weight excluding hydrogens is 301 g/mol. The van der Waals surface area contributed by atoms with Crippen molar-refractivity contribution in [1.82, 2.24) is 5.32 Å². The third-order valence-electron chi connectivity index (χ3n) is 2.42. The molecule has 0 aliphatic heterocycles. The molecule has 0 unspecified atom stereocenters. The lowest BCUT2D eigenvalue weighted by atomic mass is 10.0. The van der Waals surface area contributed by atoms with E-state index in [1.165, 1.54) is 12.1 Å². The average Bonchev–Trinajstić information content (AvgIpc) is 2.24. The molecule has 21 heavy (non-hydrogen) atoms. The molecule has 7 heteroatoms. The Hall–Kier alpha value is -1.82. The Balaban J connectivity index is 3.01. The second kappa shape index (κ2) is 6.76. The highest BCUT2D eigenvalue weighted by molar-refractivity contribution is 6.31. The van der Waals surface area contributed by atoms with Crippen molar-refractivity contribution in [3.8, 4) is 0 Å². The molecule has 0 bridgehead atoms. The first-order valence-corrected chi connectivity index (χ1v) is 6.63. The fourth-order valence-corrected chi connectivity index (χ4v) is 1.99. The van der Waals surface area contributed by atoms with E-state index >= 15 is 0 Å². The van der Waals surface area contributed by atoms with E-state index in [1.54, 1.807) is 20.8 Å². The van der Waals surface area contributed by atoms with Crippen LogP contribution in [0.5, 0.6) is 0 Å². The number of carboxylic acid groups (broad SMARTS) is 1. The van der Waals surface area contributed by atoms with Crippen molar-refractivity contribution in [2.75, 3.05) is 0 Å². The molecule has 0 radical (unpaired) electrons. The Morgan fingerprint density at radius 3 is 2.52 bits per heavy atom. The number of alkyl carbamates (subject to hydrolysis) is 1. The van der Waals surface area contributed by atoms with Crippen LogP contribution in [0, 0.1) is 5.82 Å². The Kier molecular flexibility index (Phi) is 5.54. The number of hydrogen-bond acceptors (Lipinski definition) is 3. The molecule has 0 fully saturated rings. The molecule has 0 heterocycles. The largest absolute Gasteiger partial charge is 0.481 e. The van der Waals surface area contributed by atoms with Crippen LogP contribution in [0.1, 0.15) is 38.8 Å². The zero-order valence-corrected chi connectivity index (χ0v) is 12.7. The quantitative estimate of drug-likeness (QED) is 0.891. The maximum absolute atomic E-state index is 13.9. The van der Waals surface area contributed by atoms with Gasteiger partial charge in [0.25, 0.3) is 0 Å². The van der Waals surface area contributed by atoms with Crippen LogP contribution >= 0.6 is 11.6 Å². The van der Waals surface area contributed by atoms with Crippen molar-refractivity contribution in [2.24, 2.45) is 0 Å². The molecule has 0 aliphatic rings. The Morgan fingerprint density at radius 2 is 2.05 bits per heavy atom. The predicted molar refractivity (Wildman–Crippen MR) is 75.8 cm³/mol. The number of benzene rings is 1. The zero-order valence-electron chi connectivity index (χ0n) is 11.9. The summed E-state index contributed by atoms with van der Waals surface area (Å²) in [6, 6.07) is 2.84. The molecule has 0 spiro atoms. The summed E-state index contributed by atoms with van der Waals surface area (Å²) in [5, 5.41) is 11.3. The van der Waals surface area contributed by atoms with Crippen LogP contribution in [0.3, 0.4) is 0 Å². The highest BCUT2D eigenvalue weighted by Gasteiger charge is 2.26.